The first-order chi connectivity index (χ1) is 17.2. The molecule has 2 aliphatic rings. The second kappa shape index (κ2) is 17.8. The molecule has 0 saturated heterocycles. The molecule has 2 saturated carbocycles. The minimum atomic E-state index is -1.57. The minimum absolute atomic E-state index is 0.403. The van der Waals surface area contributed by atoms with Gasteiger partial charge in [-0.2, -0.15) is 0 Å². The van der Waals surface area contributed by atoms with Gasteiger partial charge < -0.3 is 8.85 Å². The van der Waals surface area contributed by atoms with Gasteiger partial charge in [-0.25, -0.2) is 0 Å². The summed E-state index contributed by atoms with van der Waals surface area (Å²) in [4.78, 5) is 11.1. The van der Waals surface area contributed by atoms with Crippen LogP contribution in [0.5, 0.6) is 0 Å². The molecule has 4 unspecified atom stereocenters. The van der Waals surface area contributed by atoms with E-state index in [0.29, 0.717) is 35.8 Å². The van der Waals surface area contributed by atoms with Crippen LogP contribution in [-0.2, 0) is 19.7 Å². The van der Waals surface area contributed by atoms with Crippen molar-refractivity contribution in [2.75, 3.05) is 13.2 Å². The third-order valence-electron chi connectivity index (χ3n) is 7.66. The molecule has 0 aliphatic heterocycles. The van der Waals surface area contributed by atoms with E-state index in [1.165, 1.54) is 60.8 Å². The van der Waals surface area contributed by atoms with Crippen molar-refractivity contribution < 1.29 is 19.7 Å². The molecule has 0 aromatic heterocycles. The van der Waals surface area contributed by atoms with Crippen LogP contribution in [0.4, 0.5) is 0 Å². The van der Waals surface area contributed by atoms with E-state index in [4.69, 9.17) is 18.8 Å². The van der Waals surface area contributed by atoms with Crippen molar-refractivity contribution in [2.24, 2.45) is 33.7 Å². The van der Waals surface area contributed by atoms with Gasteiger partial charge in [-0.1, -0.05) is 40.5 Å². The second-order valence-electron chi connectivity index (χ2n) is 13.4. The number of hydrogen-bond acceptors (Lipinski definition) is 4. The van der Waals surface area contributed by atoms with Crippen molar-refractivity contribution in [1.29, 1.82) is 0 Å². The van der Waals surface area contributed by atoms with Gasteiger partial charge in [0.2, 0.25) is 0 Å². The van der Waals surface area contributed by atoms with Crippen LogP contribution in [0.1, 0.15) is 79.1 Å². The molecule has 2 aliphatic carbocycles. The normalized spacial score (nSPS) is 30.2. The zero-order chi connectivity index (χ0) is 28.2. The molecule has 222 valence electrons. The Morgan fingerprint density at radius 3 is 1.16 bits per heavy atom. The fourth-order valence-electron chi connectivity index (χ4n) is 5.67. The molecule has 2 rings (SSSR count). The molecule has 0 radical (unpaired) electrons. The van der Waals surface area contributed by atoms with E-state index in [0.717, 1.165) is 26.1 Å². The van der Waals surface area contributed by atoms with E-state index in [-0.39, 0.29) is 0 Å². The van der Waals surface area contributed by atoms with E-state index < -0.39 is 16.6 Å². The van der Waals surface area contributed by atoms with E-state index in [2.05, 4.69) is 95.4 Å². The van der Waals surface area contributed by atoms with Gasteiger partial charge >= 0.3 is 39.3 Å². The third kappa shape index (κ3) is 15.1. The Balaban J connectivity index is 0.00000217. The summed E-state index contributed by atoms with van der Waals surface area (Å²) in [5.41, 5.74) is 2.43. The average molecular weight is 727 g/mol. The number of aliphatic imine (C=N–C) groups is 2. The molecule has 0 N–H and O–H groups in total. The fraction of sp³-hybridized carbons (Fsp3) is 0.929. The molecule has 0 aromatic rings. The summed E-state index contributed by atoms with van der Waals surface area (Å²) in [5, 5.41) is 0. The molecule has 0 aromatic carbocycles. The maximum absolute atomic E-state index is 6.32. The molecule has 0 bridgehead atoms. The predicted octanol–water partition coefficient (Wildman–Crippen LogP) is 9.69. The molecule has 4 nitrogen and oxygen atoms in total. The van der Waals surface area contributed by atoms with Gasteiger partial charge in [-0.3, -0.25) is 9.98 Å². The molecular weight excluding hydrogens is 671 g/mol. The summed E-state index contributed by atoms with van der Waals surface area (Å²) in [6.07, 6.45) is 9.59. The first-order valence-electron chi connectivity index (χ1n) is 14.4. The Morgan fingerprint density at radius 1 is 0.649 bits per heavy atom. The van der Waals surface area contributed by atoms with Crippen molar-refractivity contribution >= 4 is 56.5 Å². The average Bonchev–Trinajstić information content (AvgIpc) is 2.75. The van der Waals surface area contributed by atoms with Gasteiger partial charge in [0.15, 0.2) is 16.6 Å². The van der Waals surface area contributed by atoms with Gasteiger partial charge in [-0.05, 0) is 88.6 Å². The van der Waals surface area contributed by atoms with E-state index in [1.54, 1.807) is 0 Å². The third-order valence-corrected chi connectivity index (χ3v) is 9.80. The van der Waals surface area contributed by atoms with Crippen LogP contribution in [-0.4, -0.2) is 53.4 Å². The predicted molar refractivity (Wildman–Crippen MR) is 172 cm³/mol. The quantitative estimate of drug-likeness (QED) is 0.157. The van der Waals surface area contributed by atoms with Gasteiger partial charge in [0, 0.05) is 26.1 Å². The Labute approximate surface area is 252 Å². The van der Waals surface area contributed by atoms with Crippen LogP contribution in [0.25, 0.3) is 0 Å². The van der Waals surface area contributed by atoms with Gasteiger partial charge in [0.25, 0.3) is 0 Å². The van der Waals surface area contributed by atoms with Crippen molar-refractivity contribution in [1.82, 2.24) is 0 Å². The number of halogens is 2. The fourth-order valence-corrected chi connectivity index (χ4v) is 7.10. The molecule has 9 heteroatoms. The summed E-state index contributed by atoms with van der Waals surface area (Å²) >= 11 is 6.00. The van der Waals surface area contributed by atoms with Crippen LogP contribution < -0.4 is 0 Å². The number of nitrogens with zero attached hydrogens (tertiary/aromatic N) is 2. The number of hydrogen-bond donors (Lipinski definition) is 0. The maximum atomic E-state index is 6.32. The topological polar surface area (TPSA) is 43.2 Å². The summed E-state index contributed by atoms with van der Waals surface area (Å²) in [6.45, 7) is 24.8. The van der Waals surface area contributed by atoms with Gasteiger partial charge in [0.1, 0.15) is 0 Å². The van der Waals surface area contributed by atoms with Crippen LogP contribution in [0.2, 0.25) is 39.3 Å². The van der Waals surface area contributed by atoms with E-state index in [9.17, 15) is 0 Å². The zero-order valence-electron chi connectivity index (χ0n) is 25.3. The Morgan fingerprint density at radius 2 is 0.919 bits per heavy atom. The first-order valence-corrected chi connectivity index (χ1v) is 26.1. The van der Waals surface area contributed by atoms with Crippen molar-refractivity contribution in [3.8, 4) is 0 Å². The molecule has 4 atom stereocenters. The van der Waals surface area contributed by atoms with Crippen molar-refractivity contribution in [3.63, 3.8) is 0 Å². The summed E-state index contributed by atoms with van der Waals surface area (Å²) in [5.74, 6) is 2.57. The van der Waals surface area contributed by atoms with Crippen LogP contribution in [0.15, 0.2) is 9.98 Å². The van der Waals surface area contributed by atoms with E-state index >= 15 is 0 Å². The molecule has 0 heterocycles. The Hall–Kier alpha value is 1.15. The standard InChI is InChI=1S/C28H56N2O2Si2.2BrH.Ni/c1-21-13-11-14-22(2)27(21)29-25(17-19-31-33(5,6)7)26(18-20-32-34(8,9)10)30-28-23(3)15-12-16-24(28)4;;;/h21-24,27-28H,11-20H2,1-10H3;2*1H;/q;;;+2/p-2. The summed E-state index contributed by atoms with van der Waals surface area (Å²) in [7, 11) is -1.88. The summed E-state index contributed by atoms with van der Waals surface area (Å²) < 4.78 is 12.6. The van der Waals surface area contributed by atoms with Gasteiger partial charge in [-0.15, -0.1) is 0 Å². The Bertz CT molecular complexity index is 635. The van der Waals surface area contributed by atoms with Crippen LogP contribution in [0, 0.1) is 23.7 Å². The monoisotopic (exact) mass is 724 g/mol. The van der Waals surface area contributed by atoms with Crippen molar-refractivity contribution in [2.45, 2.75) is 130 Å². The molecule has 2 fully saturated rings. The van der Waals surface area contributed by atoms with Crippen molar-refractivity contribution in [3.05, 3.63) is 0 Å². The number of rotatable bonds is 11. The van der Waals surface area contributed by atoms with Crippen LogP contribution in [0.3, 0.4) is 0 Å². The van der Waals surface area contributed by atoms with Crippen LogP contribution >= 0.6 is 28.5 Å². The SMILES string of the molecule is CC1CCCC(C)C1N=C(CCO[Si](C)(C)C)C(CCO[Si](C)(C)C)=NC1C(C)CCCC1C.[Br][Ni][Br]. The first kappa shape index (κ1) is 36.2. The van der Waals surface area contributed by atoms with E-state index in [1.807, 2.05) is 0 Å². The zero-order valence-corrected chi connectivity index (χ0v) is 31.5. The Kier molecular flexibility index (Phi) is 17.5. The molecule has 0 amide bonds. The van der Waals surface area contributed by atoms with Gasteiger partial charge in [0.05, 0.1) is 23.5 Å². The molecular formula is C28H56Br2N2NiO2Si2. The molecule has 0 spiro atoms. The second-order valence-corrected chi connectivity index (χ2v) is 27.4. The molecule has 37 heavy (non-hydrogen) atoms. The summed E-state index contributed by atoms with van der Waals surface area (Å²) in [6, 6.07) is 0.805.